The van der Waals surface area contributed by atoms with E-state index in [1.165, 1.54) is 0 Å². The van der Waals surface area contributed by atoms with Crippen LogP contribution in [0.15, 0.2) is 64.8 Å². The monoisotopic (exact) mass is 198 g/mol. The molecule has 74 valence electrons. The standard InChI is InChI=1S/C12H10N2O/c15-12-9-5-4-8-11(12)14-13-10-6-2-1-3-7-10/h1-9,15H/b14-13-. The molecule has 15 heavy (non-hydrogen) atoms. The minimum Gasteiger partial charge on any atom is -0.506 e. The Balaban J connectivity index is 2.23. The number of benzene rings is 2. The van der Waals surface area contributed by atoms with Crippen molar-refractivity contribution >= 4 is 11.4 Å². The Morgan fingerprint density at radius 3 is 2.13 bits per heavy atom. The largest absolute Gasteiger partial charge is 0.506 e. The summed E-state index contributed by atoms with van der Waals surface area (Å²) in [4.78, 5) is 0. The first kappa shape index (κ1) is 9.40. The summed E-state index contributed by atoms with van der Waals surface area (Å²) in [7, 11) is 0. The van der Waals surface area contributed by atoms with E-state index in [1.807, 2.05) is 30.3 Å². The lowest BCUT2D eigenvalue weighted by Crippen LogP contribution is -1.66. The van der Waals surface area contributed by atoms with Gasteiger partial charge in [0.05, 0.1) is 5.69 Å². The second kappa shape index (κ2) is 4.37. The van der Waals surface area contributed by atoms with Crippen LogP contribution < -0.4 is 0 Å². The maximum absolute atomic E-state index is 9.43. The van der Waals surface area contributed by atoms with Crippen LogP contribution in [0.2, 0.25) is 0 Å². The molecule has 3 heteroatoms. The van der Waals surface area contributed by atoms with Gasteiger partial charge in [-0.25, -0.2) is 0 Å². The average Bonchev–Trinajstić information content (AvgIpc) is 2.29. The number of hydrogen-bond donors (Lipinski definition) is 1. The van der Waals surface area contributed by atoms with E-state index < -0.39 is 0 Å². The summed E-state index contributed by atoms with van der Waals surface area (Å²) in [5.74, 6) is 0.136. The lowest BCUT2D eigenvalue weighted by Gasteiger charge is -1.95. The quantitative estimate of drug-likeness (QED) is 0.732. The van der Waals surface area contributed by atoms with Crippen molar-refractivity contribution in [3.05, 3.63) is 54.6 Å². The van der Waals surface area contributed by atoms with Gasteiger partial charge in [-0.05, 0) is 24.3 Å². The molecule has 0 aliphatic carbocycles. The van der Waals surface area contributed by atoms with Crippen LogP contribution in [-0.2, 0) is 0 Å². The number of azo groups is 1. The summed E-state index contributed by atoms with van der Waals surface area (Å²) < 4.78 is 0. The van der Waals surface area contributed by atoms with Crippen LogP contribution >= 0.6 is 0 Å². The molecule has 0 atom stereocenters. The Kier molecular flexibility index (Phi) is 2.74. The molecule has 0 spiro atoms. The summed E-state index contributed by atoms with van der Waals surface area (Å²) in [6.07, 6.45) is 0. The van der Waals surface area contributed by atoms with Crippen LogP contribution in [0.1, 0.15) is 0 Å². The van der Waals surface area contributed by atoms with Gasteiger partial charge in [-0.15, -0.1) is 5.11 Å². The Hall–Kier alpha value is -2.16. The summed E-state index contributed by atoms with van der Waals surface area (Å²) in [6, 6.07) is 16.2. The lowest BCUT2D eigenvalue weighted by atomic mass is 10.3. The first-order valence-corrected chi connectivity index (χ1v) is 4.61. The lowest BCUT2D eigenvalue weighted by molar-refractivity contribution is 0.476. The third-order valence-electron chi connectivity index (χ3n) is 1.91. The maximum Gasteiger partial charge on any atom is 0.143 e. The van der Waals surface area contributed by atoms with Crippen LogP contribution in [0, 0.1) is 0 Å². The molecule has 0 unspecified atom stereocenters. The molecule has 0 bridgehead atoms. The Morgan fingerprint density at radius 1 is 0.733 bits per heavy atom. The molecule has 0 fully saturated rings. The maximum atomic E-state index is 9.43. The van der Waals surface area contributed by atoms with Crippen LogP contribution in [0.25, 0.3) is 0 Å². The van der Waals surface area contributed by atoms with Crippen molar-refractivity contribution in [1.29, 1.82) is 0 Å². The van der Waals surface area contributed by atoms with E-state index in [4.69, 9.17) is 0 Å². The van der Waals surface area contributed by atoms with E-state index in [1.54, 1.807) is 24.3 Å². The van der Waals surface area contributed by atoms with E-state index in [2.05, 4.69) is 10.2 Å². The van der Waals surface area contributed by atoms with E-state index in [0.29, 0.717) is 5.69 Å². The highest BCUT2D eigenvalue weighted by Crippen LogP contribution is 2.26. The number of hydrogen-bond acceptors (Lipinski definition) is 3. The second-order valence-electron chi connectivity index (χ2n) is 3.02. The van der Waals surface area contributed by atoms with Gasteiger partial charge in [-0.1, -0.05) is 30.3 Å². The number of rotatable bonds is 2. The highest BCUT2D eigenvalue weighted by molar-refractivity contribution is 5.50. The van der Waals surface area contributed by atoms with Gasteiger partial charge in [-0.3, -0.25) is 0 Å². The number of para-hydroxylation sites is 1. The Morgan fingerprint density at radius 2 is 1.40 bits per heavy atom. The Labute approximate surface area is 87.7 Å². The fraction of sp³-hybridized carbons (Fsp3) is 0. The molecule has 0 amide bonds. The molecular weight excluding hydrogens is 188 g/mol. The highest BCUT2D eigenvalue weighted by Gasteiger charge is 1.95. The summed E-state index contributed by atoms with van der Waals surface area (Å²) in [5, 5.41) is 17.4. The predicted molar refractivity (Wildman–Crippen MR) is 58.7 cm³/mol. The fourth-order valence-corrected chi connectivity index (χ4v) is 1.15. The van der Waals surface area contributed by atoms with Crippen LogP contribution in [0.5, 0.6) is 5.75 Å². The SMILES string of the molecule is Oc1ccccc1/N=N\c1ccccc1. The summed E-state index contributed by atoms with van der Waals surface area (Å²) in [6.45, 7) is 0. The van der Waals surface area contributed by atoms with Crippen molar-refractivity contribution in [2.24, 2.45) is 10.2 Å². The minimum absolute atomic E-state index is 0.136. The van der Waals surface area contributed by atoms with Gasteiger partial charge in [0.1, 0.15) is 11.4 Å². The van der Waals surface area contributed by atoms with E-state index in [-0.39, 0.29) is 5.75 Å². The van der Waals surface area contributed by atoms with Crippen molar-refractivity contribution < 1.29 is 5.11 Å². The van der Waals surface area contributed by atoms with Gasteiger partial charge < -0.3 is 5.11 Å². The zero-order valence-electron chi connectivity index (χ0n) is 8.04. The number of nitrogens with zero attached hydrogens (tertiary/aromatic N) is 2. The number of phenolic OH excluding ortho intramolecular Hbond substituents is 1. The summed E-state index contributed by atoms with van der Waals surface area (Å²) >= 11 is 0. The third-order valence-corrected chi connectivity index (χ3v) is 1.91. The van der Waals surface area contributed by atoms with Crippen molar-refractivity contribution in [2.75, 3.05) is 0 Å². The molecule has 2 rings (SSSR count). The number of phenols is 1. The molecular formula is C12H10N2O. The van der Waals surface area contributed by atoms with Crippen LogP contribution in [0.4, 0.5) is 11.4 Å². The predicted octanol–water partition coefficient (Wildman–Crippen LogP) is 3.81. The topological polar surface area (TPSA) is 45.0 Å². The first-order chi connectivity index (χ1) is 7.36. The van der Waals surface area contributed by atoms with Crippen molar-refractivity contribution in [3.63, 3.8) is 0 Å². The molecule has 0 radical (unpaired) electrons. The van der Waals surface area contributed by atoms with Gasteiger partial charge >= 0.3 is 0 Å². The van der Waals surface area contributed by atoms with Gasteiger partial charge in [0.25, 0.3) is 0 Å². The van der Waals surface area contributed by atoms with Crippen molar-refractivity contribution in [1.82, 2.24) is 0 Å². The fourth-order valence-electron chi connectivity index (χ4n) is 1.15. The minimum atomic E-state index is 0.136. The zero-order chi connectivity index (χ0) is 10.5. The summed E-state index contributed by atoms with van der Waals surface area (Å²) in [5.41, 5.74) is 1.24. The molecule has 0 aliphatic heterocycles. The van der Waals surface area contributed by atoms with Crippen molar-refractivity contribution in [3.8, 4) is 5.75 Å². The van der Waals surface area contributed by atoms with E-state index in [9.17, 15) is 5.11 Å². The molecule has 3 nitrogen and oxygen atoms in total. The molecule has 0 saturated heterocycles. The van der Waals surface area contributed by atoms with Crippen LogP contribution in [-0.4, -0.2) is 5.11 Å². The molecule has 2 aromatic rings. The van der Waals surface area contributed by atoms with Crippen molar-refractivity contribution in [2.45, 2.75) is 0 Å². The molecule has 0 heterocycles. The van der Waals surface area contributed by atoms with E-state index >= 15 is 0 Å². The van der Waals surface area contributed by atoms with E-state index in [0.717, 1.165) is 5.69 Å². The Bertz CT molecular complexity index is 466. The van der Waals surface area contributed by atoms with Crippen LogP contribution in [0.3, 0.4) is 0 Å². The molecule has 0 aliphatic rings. The van der Waals surface area contributed by atoms with Gasteiger partial charge in [0.15, 0.2) is 0 Å². The number of aromatic hydroxyl groups is 1. The second-order valence-corrected chi connectivity index (χ2v) is 3.02. The molecule has 0 aromatic heterocycles. The van der Waals surface area contributed by atoms with Gasteiger partial charge in [-0.2, -0.15) is 5.11 Å². The third kappa shape index (κ3) is 2.40. The highest BCUT2D eigenvalue weighted by atomic mass is 16.3. The molecule has 1 N–H and O–H groups in total. The normalized spacial score (nSPS) is 10.7. The average molecular weight is 198 g/mol. The molecule has 2 aromatic carbocycles. The molecule has 0 saturated carbocycles. The van der Waals surface area contributed by atoms with Gasteiger partial charge in [0.2, 0.25) is 0 Å². The zero-order valence-corrected chi connectivity index (χ0v) is 8.04. The van der Waals surface area contributed by atoms with Gasteiger partial charge in [0, 0.05) is 0 Å². The smallest absolute Gasteiger partial charge is 0.143 e. The first-order valence-electron chi connectivity index (χ1n) is 4.61.